The topological polar surface area (TPSA) is 89.1 Å². The van der Waals surface area contributed by atoms with E-state index in [2.05, 4.69) is 15.1 Å². The lowest BCUT2D eigenvalue weighted by atomic mass is 10.1. The maximum Gasteiger partial charge on any atom is 0.304 e. The highest BCUT2D eigenvalue weighted by atomic mass is 16.5. The Labute approximate surface area is 140 Å². The zero-order valence-electron chi connectivity index (χ0n) is 13.4. The minimum atomic E-state index is -0.935. The first-order valence-corrected chi connectivity index (χ1v) is 7.51. The Morgan fingerprint density at radius 3 is 2.79 bits per heavy atom. The molecular weight excluding hydrogens is 308 g/mol. The number of ether oxygens (including phenoxy) is 1. The van der Waals surface area contributed by atoms with Gasteiger partial charge in [0.15, 0.2) is 5.90 Å². The molecule has 0 fully saturated rings. The molecular formula is C17H20N4O3. The van der Waals surface area contributed by atoms with Crippen molar-refractivity contribution in [3.8, 4) is 0 Å². The van der Waals surface area contributed by atoms with Crippen molar-refractivity contribution in [1.82, 2.24) is 9.78 Å². The van der Waals surface area contributed by atoms with E-state index in [0.717, 1.165) is 5.56 Å². The van der Waals surface area contributed by atoms with Crippen LogP contribution in [-0.2, 0) is 22.8 Å². The van der Waals surface area contributed by atoms with E-state index >= 15 is 0 Å². The number of carbonyl (C=O) groups is 1. The third-order valence-corrected chi connectivity index (χ3v) is 3.23. The molecule has 1 unspecified atom stereocenters. The molecule has 24 heavy (non-hydrogen) atoms. The summed E-state index contributed by atoms with van der Waals surface area (Å²) in [5.74, 6) is -1.10. The first-order chi connectivity index (χ1) is 11.7. The van der Waals surface area contributed by atoms with E-state index < -0.39 is 11.9 Å². The average Bonchev–Trinajstić information content (AvgIpc) is 3.09. The summed E-state index contributed by atoms with van der Waals surface area (Å²) in [4.78, 5) is 19.4. The lowest BCUT2D eigenvalue weighted by Crippen LogP contribution is -2.23. The second-order valence-electron chi connectivity index (χ2n) is 5.06. The maximum atomic E-state index is 11.1. The molecule has 1 aromatic heterocycles. The van der Waals surface area contributed by atoms with Gasteiger partial charge in [0.05, 0.1) is 12.3 Å². The molecule has 0 aliphatic rings. The fourth-order valence-corrected chi connectivity index (χ4v) is 2.10. The molecule has 2 aromatic rings. The van der Waals surface area contributed by atoms with Gasteiger partial charge in [0, 0.05) is 25.7 Å². The molecule has 1 atom stereocenters. The number of hydrogen-bond donors (Lipinski definition) is 1. The van der Waals surface area contributed by atoms with Gasteiger partial charge in [-0.2, -0.15) is 5.10 Å². The molecule has 2 rings (SSSR count). The van der Waals surface area contributed by atoms with E-state index in [1.807, 2.05) is 30.3 Å². The summed E-state index contributed by atoms with van der Waals surface area (Å²) in [5, 5.41) is 13.1. The van der Waals surface area contributed by atoms with Crippen molar-refractivity contribution in [2.45, 2.75) is 19.7 Å². The number of carboxylic acids is 1. The summed E-state index contributed by atoms with van der Waals surface area (Å²) in [6.07, 6.45) is 4.86. The van der Waals surface area contributed by atoms with Crippen LogP contribution in [0.4, 0.5) is 0 Å². The summed E-state index contributed by atoms with van der Waals surface area (Å²) < 4.78 is 7.34. The fourth-order valence-electron chi connectivity index (χ4n) is 2.10. The number of nitrogens with zero attached hydrogens (tertiary/aromatic N) is 4. The second kappa shape index (κ2) is 9.24. The van der Waals surface area contributed by atoms with Crippen LogP contribution >= 0.6 is 0 Å². The average molecular weight is 328 g/mol. The summed E-state index contributed by atoms with van der Waals surface area (Å²) in [6.45, 7) is 0.648. The van der Waals surface area contributed by atoms with Gasteiger partial charge in [0.1, 0.15) is 13.3 Å². The molecule has 7 heteroatoms. The predicted molar refractivity (Wildman–Crippen MR) is 91.1 cm³/mol. The SMILES string of the molecule is CN=C(OCc1ccccc1)C(C=NCn1cccn1)CC(=O)O. The predicted octanol–water partition coefficient (Wildman–Crippen LogP) is 2.25. The number of rotatable bonds is 8. The van der Waals surface area contributed by atoms with Crippen molar-refractivity contribution in [3.63, 3.8) is 0 Å². The van der Waals surface area contributed by atoms with E-state index in [1.165, 1.54) is 0 Å². The molecule has 0 bridgehead atoms. The number of carboxylic acid groups (broad SMARTS) is 1. The van der Waals surface area contributed by atoms with Gasteiger partial charge in [-0.1, -0.05) is 30.3 Å². The van der Waals surface area contributed by atoms with Crippen LogP contribution in [0, 0.1) is 5.92 Å². The van der Waals surface area contributed by atoms with Gasteiger partial charge < -0.3 is 9.84 Å². The van der Waals surface area contributed by atoms with Crippen molar-refractivity contribution in [2.24, 2.45) is 15.9 Å². The third kappa shape index (κ3) is 5.68. The van der Waals surface area contributed by atoms with E-state index in [9.17, 15) is 4.79 Å². The molecule has 1 heterocycles. The normalized spacial score (nSPS) is 13.1. The molecule has 0 saturated carbocycles. The Bertz CT molecular complexity index is 681. The van der Waals surface area contributed by atoms with Crippen LogP contribution in [0.5, 0.6) is 0 Å². The van der Waals surface area contributed by atoms with Gasteiger partial charge in [-0.05, 0) is 11.6 Å². The summed E-state index contributed by atoms with van der Waals surface area (Å²) in [6, 6.07) is 11.4. The Balaban J connectivity index is 2.00. The summed E-state index contributed by atoms with van der Waals surface area (Å²) in [7, 11) is 1.58. The second-order valence-corrected chi connectivity index (χ2v) is 5.06. The van der Waals surface area contributed by atoms with Crippen LogP contribution in [-0.4, -0.2) is 40.0 Å². The van der Waals surface area contributed by atoms with Crippen LogP contribution in [0.1, 0.15) is 12.0 Å². The van der Waals surface area contributed by atoms with Gasteiger partial charge in [0.2, 0.25) is 0 Å². The zero-order valence-corrected chi connectivity index (χ0v) is 13.4. The highest BCUT2D eigenvalue weighted by Crippen LogP contribution is 2.09. The Hall–Kier alpha value is -2.96. The van der Waals surface area contributed by atoms with Crippen LogP contribution in [0.15, 0.2) is 58.8 Å². The fraction of sp³-hybridized carbons (Fsp3) is 0.294. The lowest BCUT2D eigenvalue weighted by molar-refractivity contribution is -0.137. The van der Waals surface area contributed by atoms with Gasteiger partial charge >= 0.3 is 5.97 Å². The molecule has 1 N–H and O–H groups in total. The first kappa shape index (κ1) is 17.4. The van der Waals surface area contributed by atoms with E-state index in [-0.39, 0.29) is 6.42 Å². The van der Waals surface area contributed by atoms with Crippen LogP contribution in [0.25, 0.3) is 0 Å². The minimum Gasteiger partial charge on any atom is -0.481 e. The Morgan fingerprint density at radius 2 is 2.17 bits per heavy atom. The van der Waals surface area contributed by atoms with E-state index in [0.29, 0.717) is 19.2 Å². The smallest absolute Gasteiger partial charge is 0.304 e. The van der Waals surface area contributed by atoms with Crippen molar-refractivity contribution < 1.29 is 14.6 Å². The Kier molecular flexibility index (Phi) is 6.70. The number of aliphatic carboxylic acids is 1. The number of aliphatic imine (C=N–C) groups is 2. The molecule has 0 aliphatic heterocycles. The molecule has 7 nitrogen and oxygen atoms in total. The third-order valence-electron chi connectivity index (χ3n) is 3.23. The van der Waals surface area contributed by atoms with E-state index in [4.69, 9.17) is 9.84 Å². The van der Waals surface area contributed by atoms with Crippen molar-refractivity contribution in [2.75, 3.05) is 7.05 Å². The van der Waals surface area contributed by atoms with Crippen molar-refractivity contribution in [3.05, 3.63) is 54.4 Å². The molecule has 0 amide bonds. The van der Waals surface area contributed by atoms with Crippen molar-refractivity contribution >= 4 is 18.1 Å². The molecule has 1 aromatic carbocycles. The van der Waals surface area contributed by atoms with Crippen LogP contribution < -0.4 is 0 Å². The monoisotopic (exact) mass is 328 g/mol. The zero-order chi connectivity index (χ0) is 17.2. The van der Waals surface area contributed by atoms with Crippen LogP contribution in [0.3, 0.4) is 0 Å². The standard InChI is InChI=1S/C17H20N4O3/c1-18-17(24-12-14-6-3-2-4-7-14)15(10-16(22)23)11-19-13-21-9-5-8-20-21/h2-9,11,15H,10,12-13H2,1H3,(H,22,23). The highest BCUT2D eigenvalue weighted by molar-refractivity contribution is 5.96. The first-order valence-electron chi connectivity index (χ1n) is 7.51. The van der Waals surface area contributed by atoms with Gasteiger partial charge in [-0.15, -0.1) is 0 Å². The van der Waals surface area contributed by atoms with Gasteiger partial charge in [-0.25, -0.2) is 0 Å². The van der Waals surface area contributed by atoms with E-state index in [1.54, 1.807) is 36.4 Å². The molecule has 126 valence electrons. The van der Waals surface area contributed by atoms with Crippen molar-refractivity contribution in [1.29, 1.82) is 0 Å². The van der Waals surface area contributed by atoms with Gasteiger partial charge in [-0.3, -0.25) is 19.5 Å². The quantitative estimate of drug-likeness (QED) is 0.594. The molecule has 0 radical (unpaired) electrons. The molecule has 0 spiro atoms. The minimum absolute atomic E-state index is 0.135. The number of benzene rings is 1. The number of hydrogen-bond acceptors (Lipinski definition) is 5. The Morgan fingerprint density at radius 1 is 1.38 bits per heavy atom. The number of aromatic nitrogens is 2. The van der Waals surface area contributed by atoms with Gasteiger partial charge in [0.25, 0.3) is 0 Å². The lowest BCUT2D eigenvalue weighted by Gasteiger charge is -2.14. The van der Waals surface area contributed by atoms with Crippen LogP contribution in [0.2, 0.25) is 0 Å². The molecule has 0 aliphatic carbocycles. The highest BCUT2D eigenvalue weighted by Gasteiger charge is 2.19. The maximum absolute atomic E-state index is 11.1. The molecule has 0 saturated heterocycles. The largest absolute Gasteiger partial charge is 0.481 e. The summed E-state index contributed by atoms with van der Waals surface area (Å²) in [5.41, 5.74) is 0.987. The summed E-state index contributed by atoms with van der Waals surface area (Å²) >= 11 is 0.